The van der Waals surface area contributed by atoms with Crippen molar-refractivity contribution in [3.05, 3.63) is 69.8 Å². The van der Waals surface area contributed by atoms with Crippen LogP contribution in [-0.4, -0.2) is 59.8 Å². The van der Waals surface area contributed by atoms with E-state index >= 15 is 8.78 Å². The number of nitrogens with one attached hydrogen (secondary N) is 1. The smallest absolute Gasteiger partial charge is 0.283 e. The van der Waals surface area contributed by atoms with Gasteiger partial charge >= 0.3 is 0 Å². The third-order valence-corrected chi connectivity index (χ3v) is 8.08. The number of piperazine rings is 1. The first-order valence-corrected chi connectivity index (χ1v) is 14.1. The van der Waals surface area contributed by atoms with E-state index in [4.69, 9.17) is 9.72 Å². The molecule has 2 aliphatic heterocycles. The molecule has 1 atom stereocenters. The van der Waals surface area contributed by atoms with Gasteiger partial charge in [-0.05, 0) is 49.6 Å². The summed E-state index contributed by atoms with van der Waals surface area (Å²) >= 11 is 0. The predicted molar refractivity (Wildman–Crippen MR) is 158 cm³/mol. The van der Waals surface area contributed by atoms with Gasteiger partial charge in [-0.1, -0.05) is 19.9 Å². The highest BCUT2D eigenvalue weighted by atomic mass is 19.1. The zero-order valence-corrected chi connectivity index (χ0v) is 24.2. The second-order valence-corrected chi connectivity index (χ2v) is 10.9. The summed E-state index contributed by atoms with van der Waals surface area (Å²) in [5.74, 6) is -1.66. The molecular formula is C31H32F2N6O3. The van der Waals surface area contributed by atoms with E-state index in [1.54, 1.807) is 12.3 Å². The standard InChI is InChI=1S/C31H32F2N6O3/c1-6-37-28-27(38-13-12-34-15-21(38)30(37)40)18-14-20(33)25(23-19(32)8-7-9-22(23)42-5)36-29(18)39(31(28)41)26-17(4)10-11-35-24(26)16(2)3/h7-11,14,16,21,34H,6,12-13,15H2,1-5H3/t21-/m1/s1. The van der Waals surface area contributed by atoms with E-state index in [-0.39, 0.29) is 46.7 Å². The highest BCUT2D eigenvalue weighted by Crippen LogP contribution is 2.43. The summed E-state index contributed by atoms with van der Waals surface area (Å²) in [6.45, 7) is 9.26. The Hall–Kier alpha value is -4.38. The number of pyridine rings is 3. The zero-order valence-electron chi connectivity index (χ0n) is 24.2. The SMILES string of the molecule is CCN1C(=O)[C@H]2CNCCN2c2c1c(=O)n(-c1c(C)ccnc1C(C)C)c1nc(-c3c(F)cccc3OC)c(F)cc21. The van der Waals surface area contributed by atoms with Crippen LogP contribution in [0.15, 0.2) is 41.3 Å². The van der Waals surface area contributed by atoms with Crippen LogP contribution in [0, 0.1) is 18.6 Å². The number of fused-ring (bicyclic) bond motifs is 5. The van der Waals surface area contributed by atoms with Crippen molar-refractivity contribution in [1.82, 2.24) is 19.9 Å². The average Bonchev–Trinajstić information content (AvgIpc) is 2.98. The third-order valence-electron chi connectivity index (χ3n) is 8.08. The van der Waals surface area contributed by atoms with Crippen LogP contribution in [0.3, 0.4) is 0 Å². The Morgan fingerprint density at radius 2 is 1.90 bits per heavy atom. The highest BCUT2D eigenvalue weighted by Gasteiger charge is 2.43. The molecule has 6 rings (SSSR count). The van der Waals surface area contributed by atoms with Gasteiger partial charge in [-0.15, -0.1) is 0 Å². The summed E-state index contributed by atoms with van der Waals surface area (Å²) < 4.78 is 38.2. The number of carbonyl (C=O) groups excluding carboxylic acids is 1. The molecule has 4 aromatic rings. The molecule has 1 fully saturated rings. The van der Waals surface area contributed by atoms with Crippen LogP contribution in [0.5, 0.6) is 5.75 Å². The highest BCUT2D eigenvalue weighted by molar-refractivity contribution is 6.12. The maximum absolute atomic E-state index is 16.2. The maximum atomic E-state index is 16.2. The van der Waals surface area contributed by atoms with Crippen molar-refractivity contribution >= 4 is 28.3 Å². The summed E-state index contributed by atoms with van der Waals surface area (Å²) in [4.78, 5) is 41.1. The minimum absolute atomic E-state index is 0.0778. The van der Waals surface area contributed by atoms with Crippen LogP contribution >= 0.6 is 0 Å². The molecule has 0 radical (unpaired) electrons. The van der Waals surface area contributed by atoms with Crippen LogP contribution in [0.4, 0.5) is 20.2 Å². The molecule has 9 nitrogen and oxygen atoms in total. The van der Waals surface area contributed by atoms with E-state index in [2.05, 4.69) is 10.3 Å². The van der Waals surface area contributed by atoms with Crippen LogP contribution in [0.25, 0.3) is 28.0 Å². The molecule has 5 heterocycles. The maximum Gasteiger partial charge on any atom is 0.283 e. The number of hydrogen-bond donors (Lipinski definition) is 1. The number of rotatable bonds is 5. The predicted octanol–water partition coefficient (Wildman–Crippen LogP) is 4.31. The van der Waals surface area contributed by atoms with Gasteiger partial charge in [0.1, 0.15) is 29.0 Å². The van der Waals surface area contributed by atoms with Crippen molar-refractivity contribution in [1.29, 1.82) is 0 Å². The largest absolute Gasteiger partial charge is 0.496 e. The van der Waals surface area contributed by atoms with Gasteiger partial charge in [-0.2, -0.15) is 0 Å². The number of nitrogens with zero attached hydrogens (tertiary/aromatic N) is 5. The zero-order chi connectivity index (χ0) is 29.9. The molecule has 0 aliphatic carbocycles. The number of aromatic nitrogens is 3. The van der Waals surface area contributed by atoms with E-state index in [0.717, 1.165) is 5.56 Å². The Bertz CT molecular complexity index is 1800. The Kier molecular flexibility index (Phi) is 6.92. The van der Waals surface area contributed by atoms with E-state index in [1.165, 1.54) is 40.8 Å². The van der Waals surface area contributed by atoms with E-state index in [1.807, 2.05) is 32.6 Å². The lowest BCUT2D eigenvalue weighted by molar-refractivity contribution is -0.120. The van der Waals surface area contributed by atoms with Crippen molar-refractivity contribution in [3.8, 4) is 22.7 Å². The van der Waals surface area contributed by atoms with E-state index in [0.29, 0.717) is 42.1 Å². The molecule has 11 heteroatoms. The number of aryl methyl sites for hydroxylation is 1. The van der Waals surface area contributed by atoms with Crippen molar-refractivity contribution in [2.45, 2.75) is 39.7 Å². The Morgan fingerprint density at radius 1 is 1.12 bits per heavy atom. The molecule has 1 aromatic carbocycles. The number of benzene rings is 1. The van der Waals surface area contributed by atoms with Crippen molar-refractivity contribution in [2.24, 2.45) is 0 Å². The molecule has 1 N–H and O–H groups in total. The van der Waals surface area contributed by atoms with Gasteiger partial charge in [-0.25, -0.2) is 13.8 Å². The molecule has 0 unspecified atom stereocenters. The Labute approximate surface area is 241 Å². The first-order chi connectivity index (χ1) is 20.2. The van der Waals surface area contributed by atoms with Crippen molar-refractivity contribution in [3.63, 3.8) is 0 Å². The summed E-state index contributed by atoms with van der Waals surface area (Å²) in [6.07, 6.45) is 1.68. The monoisotopic (exact) mass is 574 g/mol. The quantitative estimate of drug-likeness (QED) is 0.380. The molecule has 0 saturated carbocycles. The summed E-state index contributed by atoms with van der Waals surface area (Å²) in [5, 5.41) is 3.60. The molecule has 218 valence electrons. The van der Waals surface area contributed by atoms with Crippen LogP contribution in [-0.2, 0) is 4.79 Å². The molecule has 1 saturated heterocycles. The van der Waals surface area contributed by atoms with Gasteiger partial charge in [0, 0.05) is 37.8 Å². The number of ether oxygens (including phenoxy) is 1. The Balaban J connectivity index is 1.82. The van der Waals surface area contributed by atoms with Gasteiger partial charge in [0.05, 0.1) is 29.7 Å². The second kappa shape index (κ2) is 10.5. The van der Waals surface area contributed by atoms with Gasteiger partial charge in [0.2, 0.25) is 0 Å². The number of halogens is 2. The van der Waals surface area contributed by atoms with Crippen LogP contribution in [0.1, 0.15) is 37.9 Å². The molecule has 2 aliphatic rings. The molecule has 0 bridgehead atoms. The van der Waals surface area contributed by atoms with Gasteiger partial charge in [0.25, 0.3) is 11.5 Å². The third kappa shape index (κ3) is 4.05. The summed E-state index contributed by atoms with van der Waals surface area (Å²) in [6, 6.07) is 6.73. The number of hydrogen-bond acceptors (Lipinski definition) is 7. The fourth-order valence-electron chi connectivity index (χ4n) is 6.16. The minimum Gasteiger partial charge on any atom is -0.496 e. The molecule has 0 spiro atoms. The minimum atomic E-state index is -0.781. The number of likely N-dealkylation sites (N-methyl/N-ethyl adjacent to an activating group) is 1. The number of methoxy groups -OCH3 is 1. The second-order valence-electron chi connectivity index (χ2n) is 10.9. The van der Waals surface area contributed by atoms with E-state index in [9.17, 15) is 9.59 Å². The van der Waals surface area contributed by atoms with Gasteiger partial charge in [0.15, 0.2) is 11.5 Å². The molecule has 42 heavy (non-hydrogen) atoms. The number of amides is 1. The number of anilines is 2. The summed E-state index contributed by atoms with van der Waals surface area (Å²) in [7, 11) is 1.37. The molecular weight excluding hydrogens is 542 g/mol. The topological polar surface area (TPSA) is 92.6 Å². The summed E-state index contributed by atoms with van der Waals surface area (Å²) in [5.41, 5.74) is 1.74. The van der Waals surface area contributed by atoms with Gasteiger partial charge in [-0.3, -0.25) is 19.1 Å². The fraction of sp³-hybridized carbons (Fsp3) is 0.355. The molecule has 1 amide bonds. The first-order valence-electron chi connectivity index (χ1n) is 14.1. The van der Waals surface area contributed by atoms with Crippen LogP contribution < -0.4 is 25.4 Å². The lowest BCUT2D eigenvalue weighted by atomic mass is 10.00. The first kappa shape index (κ1) is 27.8. The van der Waals surface area contributed by atoms with Crippen molar-refractivity contribution in [2.75, 3.05) is 43.1 Å². The van der Waals surface area contributed by atoms with Gasteiger partial charge < -0.3 is 19.9 Å². The average molecular weight is 575 g/mol. The lowest BCUT2D eigenvalue weighted by Gasteiger charge is -2.45. The molecule has 3 aromatic heterocycles. The lowest BCUT2D eigenvalue weighted by Crippen LogP contribution is -2.63. The number of carbonyl (C=O) groups is 1. The van der Waals surface area contributed by atoms with Crippen molar-refractivity contribution < 1.29 is 18.3 Å². The normalized spacial score (nSPS) is 16.7. The van der Waals surface area contributed by atoms with Crippen LogP contribution in [0.2, 0.25) is 0 Å². The Morgan fingerprint density at radius 3 is 2.62 bits per heavy atom. The van der Waals surface area contributed by atoms with E-state index < -0.39 is 23.2 Å². The fourth-order valence-corrected chi connectivity index (χ4v) is 6.16.